The molecule has 0 heterocycles. The highest BCUT2D eigenvalue weighted by Gasteiger charge is 2.31. The van der Waals surface area contributed by atoms with E-state index in [0.29, 0.717) is 0 Å². The van der Waals surface area contributed by atoms with Crippen LogP contribution in [0.5, 0.6) is 0 Å². The van der Waals surface area contributed by atoms with Crippen molar-refractivity contribution in [1.29, 1.82) is 0 Å². The lowest BCUT2D eigenvalue weighted by Crippen LogP contribution is -2.59. The third-order valence-corrected chi connectivity index (χ3v) is 4.48. The van der Waals surface area contributed by atoms with Gasteiger partial charge in [-0.15, -0.1) is 0 Å². The van der Waals surface area contributed by atoms with Gasteiger partial charge in [0.1, 0.15) is 18.1 Å². The van der Waals surface area contributed by atoms with Gasteiger partial charge in [-0.05, 0) is 12.3 Å². The van der Waals surface area contributed by atoms with Gasteiger partial charge in [0, 0.05) is 12.2 Å². The van der Waals surface area contributed by atoms with Gasteiger partial charge in [-0.3, -0.25) is 24.0 Å². The quantitative estimate of drug-likeness (QED) is 0.121. The molecule has 0 aromatic heterocycles. The van der Waals surface area contributed by atoms with Crippen molar-refractivity contribution < 1.29 is 33.9 Å². The second-order valence-electron chi connectivity index (χ2n) is 7.16. The fraction of sp³-hybridized carbons (Fsp3) is 0.647. The van der Waals surface area contributed by atoms with Crippen molar-refractivity contribution in [1.82, 2.24) is 16.0 Å². The van der Waals surface area contributed by atoms with E-state index >= 15 is 0 Å². The number of carbonyl (C=O) groups is 6. The standard InChI is InChI=1S/C17H30N6O7S/c1-7(2)13(23-14(26)8(18)5-12(20)25)16(28)22-10(6-31)15(27)21-9(17(29)30)3-4-11(19)24/h7-10,13,31H,3-6,18H2,1-2H3,(H2,19,24)(H2,20,25)(H,21,27)(H,22,28)(H,23,26)(H,29,30). The van der Waals surface area contributed by atoms with Crippen LogP contribution in [0.4, 0.5) is 0 Å². The first-order valence-corrected chi connectivity index (χ1v) is 10.00. The molecule has 0 aliphatic heterocycles. The van der Waals surface area contributed by atoms with Gasteiger partial charge in [0.2, 0.25) is 29.5 Å². The maximum absolute atomic E-state index is 12.6. The number of thiol groups is 1. The minimum Gasteiger partial charge on any atom is -0.480 e. The summed E-state index contributed by atoms with van der Waals surface area (Å²) in [5.41, 5.74) is 15.6. The number of hydrogen-bond acceptors (Lipinski definition) is 8. The van der Waals surface area contributed by atoms with Crippen LogP contribution in [0.15, 0.2) is 0 Å². The monoisotopic (exact) mass is 462 g/mol. The van der Waals surface area contributed by atoms with Crippen LogP contribution in [-0.4, -0.2) is 70.5 Å². The molecule has 0 bridgehead atoms. The van der Waals surface area contributed by atoms with Crippen molar-refractivity contribution in [3.8, 4) is 0 Å². The Morgan fingerprint density at radius 1 is 0.871 bits per heavy atom. The summed E-state index contributed by atoms with van der Waals surface area (Å²) >= 11 is 3.99. The van der Waals surface area contributed by atoms with Gasteiger partial charge in [0.25, 0.3) is 0 Å². The molecule has 14 heteroatoms. The molecule has 0 spiro atoms. The number of carboxylic acids is 1. The third-order valence-electron chi connectivity index (χ3n) is 4.11. The van der Waals surface area contributed by atoms with Crippen LogP contribution < -0.4 is 33.2 Å². The first-order valence-electron chi connectivity index (χ1n) is 9.37. The van der Waals surface area contributed by atoms with Crippen LogP contribution >= 0.6 is 12.6 Å². The van der Waals surface area contributed by atoms with Crippen molar-refractivity contribution in [3.63, 3.8) is 0 Å². The van der Waals surface area contributed by atoms with E-state index in [9.17, 15) is 33.9 Å². The molecule has 176 valence electrons. The first kappa shape index (κ1) is 28.1. The van der Waals surface area contributed by atoms with Crippen LogP contribution in [0.3, 0.4) is 0 Å². The molecular weight excluding hydrogens is 432 g/mol. The fourth-order valence-corrected chi connectivity index (χ4v) is 2.63. The molecule has 31 heavy (non-hydrogen) atoms. The van der Waals surface area contributed by atoms with E-state index < -0.39 is 72.0 Å². The summed E-state index contributed by atoms with van der Waals surface area (Å²) in [5, 5.41) is 16.2. The number of carboxylic acid groups (broad SMARTS) is 1. The molecule has 5 amide bonds. The maximum Gasteiger partial charge on any atom is 0.326 e. The Bertz CT molecular complexity index is 702. The van der Waals surface area contributed by atoms with Crippen LogP contribution in [0.1, 0.15) is 33.1 Å². The van der Waals surface area contributed by atoms with Gasteiger partial charge in [-0.2, -0.15) is 12.6 Å². The summed E-state index contributed by atoms with van der Waals surface area (Å²) in [4.78, 5) is 70.2. The van der Waals surface area contributed by atoms with Gasteiger partial charge < -0.3 is 38.3 Å². The highest BCUT2D eigenvalue weighted by Crippen LogP contribution is 2.05. The molecule has 4 atom stereocenters. The minimum absolute atomic E-state index is 0.181. The van der Waals surface area contributed by atoms with Crippen LogP contribution in [0.25, 0.3) is 0 Å². The number of rotatable bonds is 14. The molecule has 0 saturated carbocycles. The summed E-state index contributed by atoms with van der Waals surface area (Å²) in [7, 11) is 0. The van der Waals surface area contributed by atoms with E-state index in [1.54, 1.807) is 13.8 Å². The normalized spacial score (nSPS) is 14.6. The molecule has 0 radical (unpaired) electrons. The topological polar surface area (TPSA) is 237 Å². The SMILES string of the molecule is CC(C)C(NC(=O)C(N)CC(N)=O)C(=O)NC(CS)C(=O)NC(CCC(N)=O)C(=O)O. The van der Waals surface area contributed by atoms with Gasteiger partial charge >= 0.3 is 5.97 Å². The molecule has 0 rings (SSSR count). The molecule has 0 fully saturated rings. The number of aliphatic carboxylic acids is 1. The zero-order valence-corrected chi connectivity index (χ0v) is 18.2. The predicted octanol–water partition coefficient (Wildman–Crippen LogP) is -3.42. The Balaban J connectivity index is 5.17. The van der Waals surface area contributed by atoms with E-state index in [-0.39, 0.29) is 18.6 Å². The van der Waals surface area contributed by atoms with Crippen LogP contribution in [0, 0.1) is 5.92 Å². The smallest absolute Gasteiger partial charge is 0.326 e. The van der Waals surface area contributed by atoms with E-state index in [0.717, 1.165) is 0 Å². The lowest BCUT2D eigenvalue weighted by atomic mass is 10.0. The summed E-state index contributed by atoms with van der Waals surface area (Å²) < 4.78 is 0. The summed E-state index contributed by atoms with van der Waals surface area (Å²) in [6.45, 7) is 3.26. The van der Waals surface area contributed by atoms with E-state index in [1.165, 1.54) is 0 Å². The Hall–Kier alpha value is -2.87. The second kappa shape index (κ2) is 13.4. The number of hydrogen-bond donors (Lipinski definition) is 8. The molecule has 10 N–H and O–H groups in total. The lowest BCUT2D eigenvalue weighted by molar-refractivity contribution is -0.142. The number of primary amides is 2. The molecule has 0 aromatic rings. The van der Waals surface area contributed by atoms with Crippen molar-refractivity contribution in [2.24, 2.45) is 23.1 Å². The van der Waals surface area contributed by atoms with Gasteiger partial charge in [0.15, 0.2) is 0 Å². The zero-order valence-electron chi connectivity index (χ0n) is 17.3. The zero-order chi connectivity index (χ0) is 24.3. The van der Waals surface area contributed by atoms with Crippen molar-refractivity contribution in [2.45, 2.75) is 57.3 Å². The Morgan fingerprint density at radius 2 is 1.42 bits per heavy atom. The Kier molecular flexibility index (Phi) is 12.2. The average molecular weight is 463 g/mol. The summed E-state index contributed by atoms with van der Waals surface area (Å²) in [5.74, 6) is -5.87. The molecule has 0 aliphatic rings. The maximum atomic E-state index is 12.6. The summed E-state index contributed by atoms with van der Waals surface area (Å²) in [6.07, 6.45) is -0.907. The van der Waals surface area contributed by atoms with E-state index in [4.69, 9.17) is 17.2 Å². The Morgan fingerprint density at radius 3 is 1.84 bits per heavy atom. The highest BCUT2D eigenvalue weighted by molar-refractivity contribution is 7.80. The number of amides is 5. The van der Waals surface area contributed by atoms with Crippen molar-refractivity contribution in [3.05, 3.63) is 0 Å². The van der Waals surface area contributed by atoms with Gasteiger partial charge in [-0.25, -0.2) is 4.79 Å². The van der Waals surface area contributed by atoms with Crippen molar-refractivity contribution in [2.75, 3.05) is 5.75 Å². The highest BCUT2D eigenvalue weighted by atomic mass is 32.1. The predicted molar refractivity (Wildman–Crippen MR) is 112 cm³/mol. The molecule has 0 saturated heterocycles. The molecule has 13 nitrogen and oxygen atoms in total. The van der Waals surface area contributed by atoms with Crippen LogP contribution in [0.2, 0.25) is 0 Å². The van der Waals surface area contributed by atoms with Crippen LogP contribution in [-0.2, 0) is 28.8 Å². The second-order valence-corrected chi connectivity index (χ2v) is 7.52. The molecule has 0 aromatic carbocycles. The first-order chi connectivity index (χ1) is 14.3. The van der Waals surface area contributed by atoms with Gasteiger partial charge in [0.05, 0.1) is 12.5 Å². The van der Waals surface area contributed by atoms with Crippen molar-refractivity contribution >= 4 is 48.1 Å². The number of nitrogens with two attached hydrogens (primary N) is 3. The number of carbonyl (C=O) groups excluding carboxylic acids is 5. The minimum atomic E-state index is -1.40. The Labute approximate surface area is 184 Å². The third kappa shape index (κ3) is 10.6. The fourth-order valence-electron chi connectivity index (χ4n) is 2.38. The van der Waals surface area contributed by atoms with E-state index in [1.807, 2.05) is 0 Å². The molecule has 0 aliphatic carbocycles. The number of nitrogens with one attached hydrogen (secondary N) is 3. The largest absolute Gasteiger partial charge is 0.480 e. The van der Waals surface area contributed by atoms with E-state index in [2.05, 4.69) is 28.6 Å². The molecule has 4 unspecified atom stereocenters. The van der Waals surface area contributed by atoms with Gasteiger partial charge in [-0.1, -0.05) is 13.8 Å². The summed E-state index contributed by atoms with van der Waals surface area (Å²) in [6, 6.07) is -4.99. The molecular formula is C17H30N6O7S. The average Bonchev–Trinajstić information content (AvgIpc) is 2.65. The lowest BCUT2D eigenvalue weighted by Gasteiger charge is -2.26.